The lowest BCUT2D eigenvalue weighted by atomic mass is 10.0. The molecule has 0 aliphatic rings. The van der Waals surface area contributed by atoms with Gasteiger partial charge < -0.3 is 0 Å². The summed E-state index contributed by atoms with van der Waals surface area (Å²) in [7, 11) is 0. The molecule has 21 heavy (non-hydrogen) atoms. The van der Waals surface area contributed by atoms with Crippen molar-refractivity contribution in [2.45, 2.75) is 18.0 Å². The van der Waals surface area contributed by atoms with Gasteiger partial charge in [-0.1, -0.05) is 29.8 Å². The lowest BCUT2D eigenvalue weighted by molar-refractivity contribution is -0.137. The average molecular weight is 337 g/mol. The Balaban J connectivity index is 2.14. The molecule has 0 N–H and O–H groups in total. The molecule has 6 heteroatoms. The maximum Gasteiger partial charge on any atom is 0.416 e. The summed E-state index contributed by atoms with van der Waals surface area (Å²) in [6, 6.07) is 8.78. The molecule has 2 aromatic carbocycles. The molecule has 0 nitrogen and oxygen atoms in total. The third kappa shape index (κ3) is 4.11. The van der Waals surface area contributed by atoms with Crippen molar-refractivity contribution in [3.8, 4) is 0 Å². The molecule has 0 heterocycles. The van der Waals surface area contributed by atoms with Crippen LogP contribution in [-0.2, 0) is 12.6 Å². The van der Waals surface area contributed by atoms with Crippen LogP contribution in [0.3, 0.4) is 0 Å². The van der Waals surface area contributed by atoms with Crippen LogP contribution in [0.2, 0.25) is 5.02 Å². The van der Waals surface area contributed by atoms with Crippen LogP contribution < -0.4 is 0 Å². The largest absolute Gasteiger partial charge is 0.416 e. The molecule has 0 fully saturated rings. The van der Waals surface area contributed by atoms with E-state index in [1.807, 2.05) is 0 Å². The molecule has 0 aliphatic carbocycles. The molecule has 0 radical (unpaired) electrons. The van der Waals surface area contributed by atoms with Crippen LogP contribution in [0.1, 0.15) is 22.1 Å². The van der Waals surface area contributed by atoms with Crippen molar-refractivity contribution in [1.82, 2.24) is 0 Å². The minimum Gasteiger partial charge on any atom is -0.207 e. The van der Waals surface area contributed by atoms with Gasteiger partial charge in [0.05, 0.1) is 10.9 Å². The van der Waals surface area contributed by atoms with E-state index < -0.39 is 22.9 Å². The van der Waals surface area contributed by atoms with Gasteiger partial charge in [-0.25, -0.2) is 4.39 Å². The summed E-state index contributed by atoms with van der Waals surface area (Å²) < 4.78 is 51.1. The predicted octanol–water partition coefficient (Wildman–Crippen LogP) is 6.02. The van der Waals surface area contributed by atoms with Crippen molar-refractivity contribution < 1.29 is 17.6 Å². The summed E-state index contributed by atoms with van der Waals surface area (Å²) in [6.07, 6.45) is -4.15. The van der Waals surface area contributed by atoms with Gasteiger partial charge in [0.15, 0.2) is 0 Å². The number of halogens is 6. The molecule has 0 saturated carbocycles. The molecule has 0 spiro atoms. The summed E-state index contributed by atoms with van der Waals surface area (Å²) in [5, 5.41) is -0.423. The van der Waals surface area contributed by atoms with E-state index in [0.29, 0.717) is 5.56 Å². The fraction of sp³-hybridized carbons (Fsp3) is 0.200. The highest BCUT2D eigenvalue weighted by Gasteiger charge is 2.30. The summed E-state index contributed by atoms with van der Waals surface area (Å²) in [4.78, 5) is 0. The Hall–Kier alpha value is -1.26. The van der Waals surface area contributed by atoms with Crippen molar-refractivity contribution in [2.24, 2.45) is 0 Å². The van der Waals surface area contributed by atoms with E-state index in [1.54, 1.807) is 0 Å². The third-order valence-corrected chi connectivity index (χ3v) is 3.62. The van der Waals surface area contributed by atoms with Crippen molar-refractivity contribution >= 4 is 23.2 Å². The van der Waals surface area contributed by atoms with Gasteiger partial charge in [0, 0.05) is 10.6 Å². The normalized spacial score (nSPS) is 13.2. The van der Waals surface area contributed by atoms with Gasteiger partial charge in [0.1, 0.15) is 5.82 Å². The molecule has 1 atom stereocenters. The monoisotopic (exact) mass is 336 g/mol. The highest BCUT2D eigenvalue weighted by Crippen LogP contribution is 2.31. The Morgan fingerprint density at radius 2 is 1.62 bits per heavy atom. The van der Waals surface area contributed by atoms with Gasteiger partial charge in [-0.3, -0.25) is 0 Å². The third-order valence-electron chi connectivity index (χ3n) is 3.00. The number of alkyl halides is 4. The second kappa shape index (κ2) is 6.24. The maximum absolute atomic E-state index is 13.7. The van der Waals surface area contributed by atoms with Crippen LogP contribution >= 0.6 is 23.2 Å². The summed E-state index contributed by atoms with van der Waals surface area (Å²) in [6.45, 7) is 0. The van der Waals surface area contributed by atoms with Crippen molar-refractivity contribution in [1.29, 1.82) is 0 Å². The molecule has 112 valence electrons. The Kier molecular flexibility index (Phi) is 4.79. The number of benzene rings is 2. The molecule has 0 bridgehead atoms. The minimum atomic E-state index is -4.37. The first kappa shape index (κ1) is 16.1. The van der Waals surface area contributed by atoms with Crippen LogP contribution in [0.25, 0.3) is 0 Å². The van der Waals surface area contributed by atoms with Gasteiger partial charge in [-0.2, -0.15) is 13.2 Å². The molecule has 2 aromatic rings. The van der Waals surface area contributed by atoms with Crippen molar-refractivity contribution in [3.05, 3.63) is 70.0 Å². The molecule has 0 aliphatic heterocycles. The van der Waals surface area contributed by atoms with E-state index in [9.17, 15) is 17.6 Å². The maximum atomic E-state index is 13.7. The molecular weight excluding hydrogens is 327 g/mol. The molecule has 0 amide bonds. The Morgan fingerprint density at radius 1 is 1.00 bits per heavy atom. The summed E-state index contributed by atoms with van der Waals surface area (Å²) >= 11 is 11.8. The Bertz CT molecular complexity index is 621. The molecule has 0 saturated heterocycles. The molecular formula is C15H10Cl2F4. The molecule has 1 unspecified atom stereocenters. The lowest BCUT2D eigenvalue weighted by Crippen LogP contribution is -2.05. The molecule has 0 aromatic heterocycles. The van der Waals surface area contributed by atoms with Crippen molar-refractivity contribution in [2.75, 3.05) is 0 Å². The zero-order valence-corrected chi connectivity index (χ0v) is 12.1. The zero-order chi connectivity index (χ0) is 15.6. The van der Waals surface area contributed by atoms with E-state index in [-0.39, 0.29) is 17.0 Å². The van der Waals surface area contributed by atoms with Crippen molar-refractivity contribution in [3.63, 3.8) is 0 Å². The zero-order valence-electron chi connectivity index (χ0n) is 10.6. The topological polar surface area (TPSA) is 0 Å². The average Bonchev–Trinajstić information content (AvgIpc) is 2.38. The van der Waals surface area contributed by atoms with Gasteiger partial charge in [0.25, 0.3) is 0 Å². The number of hydrogen-bond acceptors (Lipinski definition) is 0. The van der Waals surface area contributed by atoms with Crippen LogP contribution in [-0.4, -0.2) is 0 Å². The highest BCUT2D eigenvalue weighted by atomic mass is 35.5. The first-order valence-electron chi connectivity index (χ1n) is 6.02. The first-order valence-corrected chi connectivity index (χ1v) is 6.84. The summed E-state index contributed by atoms with van der Waals surface area (Å²) in [5.41, 5.74) is 0.133. The van der Waals surface area contributed by atoms with E-state index in [1.165, 1.54) is 24.3 Å². The molecule has 2 rings (SSSR count). The van der Waals surface area contributed by atoms with E-state index in [4.69, 9.17) is 23.2 Å². The van der Waals surface area contributed by atoms with Crippen LogP contribution in [0.4, 0.5) is 17.6 Å². The number of hydrogen-bond donors (Lipinski definition) is 0. The van der Waals surface area contributed by atoms with Crippen LogP contribution in [0.5, 0.6) is 0 Å². The Morgan fingerprint density at radius 3 is 2.14 bits per heavy atom. The highest BCUT2D eigenvalue weighted by molar-refractivity contribution is 6.30. The fourth-order valence-corrected chi connectivity index (χ4v) is 2.42. The first-order chi connectivity index (χ1) is 9.77. The van der Waals surface area contributed by atoms with E-state index in [0.717, 1.165) is 18.2 Å². The smallest absolute Gasteiger partial charge is 0.207 e. The lowest BCUT2D eigenvalue weighted by Gasteiger charge is -2.12. The van der Waals surface area contributed by atoms with Gasteiger partial charge in [-0.15, -0.1) is 11.6 Å². The Labute approximate surface area is 129 Å². The minimum absolute atomic E-state index is 0.220. The van der Waals surface area contributed by atoms with Crippen LogP contribution in [0, 0.1) is 5.82 Å². The second-order valence-electron chi connectivity index (χ2n) is 4.53. The number of rotatable bonds is 3. The van der Waals surface area contributed by atoms with E-state index in [2.05, 4.69) is 0 Å². The standard InChI is InChI=1S/C15H10Cl2F4/c16-11-5-6-12(14(18)8-11)13(17)7-9-1-3-10(4-2-9)15(19,20)21/h1-6,8,13H,7H2. The van der Waals surface area contributed by atoms with Gasteiger partial charge in [-0.05, 0) is 36.2 Å². The predicted molar refractivity (Wildman–Crippen MR) is 75.2 cm³/mol. The van der Waals surface area contributed by atoms with Crippen LogP contribution in [0.15, 0.2) is 42.5 Å². The van der Waals surface area contributed by atoms with Gasteiger partial charge >= 0.3 is 6.18 Å². The second-order valence-corrected chi connectivity index (χ2v) is 5.50. The fourth-order valence-electron chi connectivity index (χ4n) is 1.90. The SMILES string of the molecule is Fc1cc(Cl)ccc1C(Cl)Cc1ccc(C(F)(F)F)cc1. The van der Waals surface area contributed by atoms with Gasteiger partial charge in [0.2, 0.25) is 0 Å². The van der Waals surface area contributed by atoms with E-state index >= 15 is 0 Å². The summed E-state index contributed by atoms with van der Waals surface area (Å²) in [5.74, 6) is -0.533. The quantitative estimate of drug-likeness (QED) is 0.474.